The Kier molecular flexibility index (Phi) is 8.57. The second-order valence-corrected chi connectivity index (χ2v) is 10.2. The molecule has 0 bridgehead atoms. The number of aliphatic carboxylic acids is 1. The van der Waals surface area contributed by atoms with Crippen LogP contribution < -0.4 is 16.0 Å². The molecule has 0 heterocycles. The number of rotatable bonds is 7. The third-order valence-electron chi connectivity index (χ3n) is 7.59. The fourth-order valence-electron chi connectivity index (χ4n) is 5.70. The number of benzene rings is 2. The van der Waals surface area contributed by atoms with Crippen molar-refractivity contribution in [1.82, 2.24) is 5.32 Å². The van der Waals surface area contributed by atoms with Crippen molar-refractivity contribution in [3.05, 3.63) is 59.7 Å². The number of carboxylic acids is 1. The Labute approximate surface area is 223 Å². The largest absolute Gasteiger partial charge is 0.480 e. The Morgan fingerprint density at radius 2 is 1.64 bits per heavy atom. The van der Waals surface area contributed by atoms with E-state index in [2.05, 4.69) is 16.0 Å². The van der Waals surface area contributed by atoms with E-state index in [1.54, 1.807) is 12.1 Å². The average molecular weight is 546 g/mol. The third kappa shape index (κ3) is 7.36. The van der Waals surface area contributed by atoms with Crippen LogP contribution in [0.1, 0.15) is 55.6 Å². The van der Waals surface area contributed by atoms with Gasteiger partial charge in [-0.2, -0.15) is 13.2 Å². The standard InChI is InChI=1S/C28H30F3N3O5/c29-28(30,31)20-2-1-3-22(14-20)34-27(39)33-21-9-6-16(7-10-21)17-8-11-23-18(12-17)4-5-19(26(23)38)13-24(35)32-15-25(36)37/h1-3,6-7,9-10,14,17-19,23H,4-5,8,11-13,15H2,(H,32,35)(H,36,37)(H2,33,34,39). The summed E-state index contributed by atoms with van der Waals surface area (Å²) in [6, 6.07) is 11.0. The topological polar surface area (TPSA) is 125 Å². The predicted octanol–water partition coefficient (Wildman–Crippen LogP) is 5.42. The van der Waals surface area contributed by atoms with Gasteiger partial charge in [-0.1, -0.05) is 18.2 Å². The Balaban J connectivity index is 1.28. The van der Waals surface area contributed by atoms with E-state index in [9.17, 15) is 32.3 Å². The van der Waals surface area contributed by atoms with Crippen molar-refractivity contribution in [2.75, 3.05) is 17.2 Å². The van der Waals surface area contributed by atoms with Crippen molar-refractivity contribution >= 4 is 35.1 Å². The number of urea groups is 1. The van der Waals surface area contributed by atoms with Crippen LogP contribution in [0.15, 0.2) is 48.5 Å². The molecule has 0 aromatic heterocycles. The maximum absolute atomic E-state index is 13.0. The van der Waals surface area contributed by atoms with E-state index >= 15 is 0 Å². The molecule has 0 radical (unpaired) electrons. The number of nitrogens with one attached hydrogen (secondary N) is 3. The molecular formula is C28H30F3N3O5. The molecule has 4 rings (SSSR count). The summed E-state index contributed by atoms with van der Waals surface area (Å²) in [7, 11) is 0. The predicted molar refractivity (Wildman–Crippen MR) is 137 cm³/mol. The lowest BCUT2D eigenvalue weighted by Gasteiger charge is -2.41. The molecule has 3 amide bonds. The highest BCUT2D eigenvalue weighted by atomic mass is 19.4. The first-order chi connectivity index (χ1) is 18.5. The number of anilines is 2. The van der Waals surface area contributed by atoms with Crippen LogP contribution in [0.5, 0.6) is 0 Å². The highest BCUT2D eigenvalue weighted by Crippen LogP contribution is 2.46. The third-order valence-corrected chi connectivity index (χ3v) is 7.59. The van der Waals surface area contributed by atoms with Crippen molar-refractivity contribution in [3.8, 4) is 0 Å². The SMILES string of the molecule is O=C(O)CNC(=O)CC1CCC2CC(c3ccc(NC(=O)Nc4cccc(C(F)(F)F)c4)cc3)CCC2C1=O. The van der Waals surface area contributed by atoms with Crippen LogP contribution in [0, 0.1) is 17.8 Å². The van der Waals surface area contributed by atoms with Crippen LogP contribution in [-0.2, 0) is 20.6 Å². The number of halogens is 3. The maximum atomic E-state index is 13.0. The molecule has 2 aliphatic carbocycles. The van der Waals surface area contributed by atoms with Crippen LogP contribution in [0.2, 0.25) is 0 Å². The lowest BCUT2D eigenvalue weighted by molar-refractivity contribution is -0.139. The summed E-state index contributed by atoms with van der Waals surface area (Å²) in [6.45, 7) is -0.456. The lowest BCUT2D eigenvalue weighted by Crippen LogP contribution is -2.41. The number of fused-ring (bicyclic) bond motifs is 1. The zero-order valence-corrected chi connectivity index (χ0v) is 21.1. The smallest absolute Gasteiger partial charge is 0.416 e. The molecule has 11 heteroatoms. The van der Waals surface area contributed by atoms with Gasteiger partial charge in [0.25, 0.3) is 0 Å². The summed E-state index contributed by atoms with van der Waals surface area (Å²) in [5.74, 6) is -1.43. The quantitative estimate of drug-likeness (QED) is 0.370. The average Bonchev–Trinajstić information content (AvgIpc) is 2.89. The first kappa shape index (κ1) is 28.1. The summed E-state index contributed by atoms with van der Waals surface area (Å²) in [5.41, 5.74) is 0.755. The Morgan fingerprint density at radius 1 is 0.923 bits per heavy atom. The molecule has 4 unspecified atom stereocenters. The number of ketones is 1. The highest BCUT2D eigenvalue weighted by Gasteiger charge is 2.42. The fraction of sp³-hybridized carbons (Fsp3) is 0.429. The summed E-state index contributed by atoms with van der Waals surface area (Å²) >= 11 is 0. The van der Waals surface area contributed by atoms with Gasteiger partial charge in [0.2, 0.25) is 5.91 Å². The van der Waals surface area contributed by atoms with Crippen LogP contribution in [-0.4, -0.2) is 35.3 Å². The van der Waals surface area contributed by atoms with Gasteiger partial charge in [-0.3, -0.25) is 14.4 Å². The fourth-order valence-corrected chi connectivity index (χ4v) is 5.70. The molecular weight excluding hydrogens is 515 g/mol. The van der Waals surface area contributed by atoms with Gasteiger partial charge in [-0.05, 0) is 79.8 Å². The molecule has 2 saturated carbocycles. The van der Waals surface area contributed by atoms with E-state index in [0.29, 0.717) is 12.1 Å². The van der Waals surface area contributed by atoms with Crippen molar-refractivity contribution in [3.63, 3.8) is 0 Å². The van der Waals surface area contributed by atoms with Gasteiger partial charge in [0.05, 0.1) is 5.56 Å². The molecule has 4 atom stereocenters. The minimum Gasteiger partial charge on any atom is -0.480 e. The van der Waals surface area contributed by atoms with E-state index in [0.717, 1.165) is 43.4 Å². The molecule has 4 N–H and O–H groups in total. The van der Waals surface area contributed by atoms with Crippen molar-refractivity contribution in [1.29, 1.82) is 0 Å². The van der Waals surface area contributed by atoms with E-state index in [1.807, 2.05) is 12.1 Å². The van der Waals surface area contributed by atoms with Crippen molar-refractivity contribution in [2.45, 2.75) is 50.6 Å². The molecule has 2 aliphatic rings. The summed E-state index contributed by atoms with van der Waals surface area (Å²) in [4.78, 5) is 47.9. The first-order valence-corrected chi connectivity index (χ1v) is 12.9. The number of carboxylic acid groups (broad SMARTS) is 1. The number of alkyl halides is 3. The minimum atomic E-state index is -4.50. The molecule has 0 spiro atoms. The molecule has 208 valence electrons. The maximum Gasteiger partial charge on any atom is 0.416 e. The molecule has 2 fully saturated rings. The van der Waals surface area contributed by atoms with E-state index in [-0.39, 0.29) is 41.6 Å². The second kappa shape index (κ2) is 11.9. The molecule has 39 heavy (non-hydrogen) atoms. The summed E-state index contributed by atoms with van der Waals surface area (Å²) in [5, 5.41) is 16.1. The van der Waals surface area contributed by atoms with Gasteiger partial charge in [0, 0.05) is 29.6 Å². The van der Waals surface area contributed by atoms with Crippen molar-refractivity contribution < 1.29 is 37.5 Å². The lowest BCUT2D eigenvalue weighted by atomic mass is 9.63. The normalized spacial score (nSPS) is 22.9. The molecule has 2 aromatic rings. The summed E-state index contributed by atoms with van der Waals surface area (Å²) in [6.07, 6.45) is -0.661. The first-order valence-electron chi connectivity index (χ1n) is 12.9. The van der Waals surface area contributed by atoms with E-state index in [1.165, 1.54) is 12.1 Å². The zero-order valence-electron chi connectivity index (χ0n) is 21.1. The molecule has 2 aromatic carbocycles. The van der Waals surface area contributed by atoms with Crippen LogP contribution in [0.25, 0.3) is 0 Å². The van der Waals surface area contributed by atoms with Gasteiger partial charge < -0.3 is 21.1 Å². The van der Waals surface area contributed by atoms with Gasteiger partial charge in [-0.15, -0.1) is 0 Å². The Hall–Kier alpha value is -3.89. The number of Topliss-reactive ketones (excluding diaryl/α,β-unsaturated/α-hetero) is 1. The Morgan fingerprint density at radius 3 is 2.33 bits per heavy atom. The van der Waals surface area contributed by atoms with Crippen molar-refractivity contribution in [2.24, 2.45) is 17.8 Å². The van der Waals surface area contributed by atoms with Gasteiger partial charge in [0.15, 0.2) is 0 Å². The van der Waals surface area contributed by atoms with Crippen LogP contribution in [0.4, 0.5) is 29.3 Å². The van der Waals surface area contributed by atoms with Crippen LogP contribution >= 0.6 is 0 Å². The van der Waals surface area contributed by atoms with E-state index < -0.39 is 36.2 Å². The van der Waals surface area contributed by atoms with Crippen LogP contribution in [0.3, 0.4) is 0 Å². The molecule has 8 nitrogen and oxygen atoms in total. The van der Waals surface area contributed by atoms with Gasteiger partial charge >= 0.3 is 18.2 Å². The molecule has 0 saturated heterocycles. The number of carbonyl (C=O) groups is 4. The van der Waals surface area contributed by atoms with Gasteiger partial charge in [0.1, 0.15) is 12.3 Å². The monoisotopic (exact) mass is 545 g/mol. The minimum absolute atomic E-state index is 0.0224. The number of hydrogen-bond acceptors (Lipinski definition) is 4. The number of carbonyl (C=O) groups excluding carboxylic acids is 3. The highest BCUT2D eigenvalue weighted by molar-refractivity contribution is 5.99. The number of hydrogen-bond donors (Lipinski definition) is 4. The summed E-state index contributed by atoms with van der Waals surface area (Å²) < 4.78 is 38.7. The Bertz CT molecular complexity index is 1230. The van der Waals surface area contributed by atoms with E-state index in [4.69, 9.17) is 5.11 Å². The molecule has 0 aliphatic heterocycles. The number of amides is 3. The zero-order chi connectivity index (χ0) is 28.2. The van der Waals surface area contributed by atoms with Gasteiger partial charge in [-0.25, -0.2) is 4.79 Å². The second-order valence-electron chi connectivity index (χ2n) is 10.2.